The van der Waals surface area contributed by atoms with Crippen molar-refractivity contribution < 1.29 is 4.79 Å². The van der Waals surface area contributed by atoms with Gasteiger partial charge in [0.05, 0.1) is 15.8 Å². The summed E-state index contributed by atoms with van der Waals surface area (Å²) in [5.41, 5.74) is 4.40. The number of thiazole rings is 1. The van der Waals surface area contributed by atoms with E-state index in [4.69, 9.17) is 17.2 Å². The number of anilines is 1. The second-order valence-corrected chi connectivity index (χ2v) is 8.65. The van der Waals surface area contributed by atoms with Crippen molar-refractivity contribution in [3.63, 3.8) is 0 Å². The molecule has 0 unspecified atom stereocenters. The number of thiocarbonyl (C=S) groups is 1. The first-order valence-corrected chi connectivity index (χ1v) is 10.9. The van der Waals surface area contributed by atoms with E-state index in [-0.39, 0.29) is 11.0 Å². The molecule has 1 heterocycles. The van der Waals surface area contributed by atoms with E-state index in [0.29, 0.717) is 10.0 Å². The van der Waals surface area contributed by atoms with Crippen molar-refractivity contribution >= 4 is 66.4 Å². The maximum atomic E-state index is 12.5. The van der Waals surface area contributed by atoms with Gasteiger partial charge in [-0.15, -0.1) is 11.3 Å². The number of amides is 1. The highest BCUT2D eigenvalue weighted by molar-refractivity contribution is 9.10. The summed E-state index contributed by atoms with van der Waals surface area (Å²) in [5.74, 6) is -0.269. The van der Waals surface area contributed by atoms with Crippen LogP contribution in [0, 0.1) is 6.92 Å². The van der Waals surface area contributed by atoms with Gasteiger partial charge in [-0.1, -0.05) is 36.4 Å². The van der Waals surface area contributed by atoms with Crippen LogP contribution in [0.3, 0.4) is 0 Å². The van der Waals surface area contributed by atoms with Crippen molar-refractivity contribution in [2.75, 3.05) is 5.32 Å². The molecule has 0 bridgehead atoms. The fourth-order valence-electron chi connectivity index (χ4n) is 2.96. The minimum Gasteiger partial charge on any atom is -0.332 e. The van der Waals surface area contributed by atoms with Gasteiger partial charge in [0.2, 0.25) is 0 Å². The molecule has 1 amide bonds. The van der Waals surface area contributed by atoms with Gasteiger partial charge in [-0.2, -0.15) is 0 Å². The van der Waals surface area contributed by atoms with Gasteiger partial charge in [0.15, 0.2) is 5.11 Å². The van der Waals surface area contributed by atoms with Crippen LogP contribution in [-0.4, -0.2) is 16.0 Å². The smallest absolute Gasteiger partial charge is 0.258 e. The topological polar surface area (TPSA) is 54.0 Å². The number of nitrogens with zero attached hydrogens (tertiary/aromatic N) is 1. The average Bonchev–Trinajstić information content (AvgIpc) is 3.13. The summed E-state index contributed by atoms with van der Waals surface area (Å²) in [7, 11) is 0. The van der Waals surface area contributed by atoms with Crippen molar-refractivity contribution in [2.24, 2.45) is 0 Å². The Morgan fingerprint density at radius 3 is 2.59 bits per heavy atom. The van der Waals surface area contributed by atoms with E-state index < -0.39 is 0 Å². The van der Waals surface area contributed by atoms with Gasteiger partial charge in [-0.3, -0.25) is 10.1 Å². The van der Waals surface area contributed by atoms with Gasteiger partial charge in [0.25, 0.3) is 5.91 Å². The number of carbonyl (C=O) groups is 1. The molecule has 0 aliphatic rings. The quantitative estimate of drug-likeness (QED) is 0.344. The monoisotopic (exact) mass is 481 g/mol. The molecule has 0 atom stereocenters. The zero-order chi connectivity index (χ0) is 20.4. The number of fused-ring (bicyclic) bond motifs is 1. The highest BCUT2D eigenvalue weighted by atomic mass is 79.9. The maximum Gasteiger partial charge on any atom is 0.258 e. The molecule has 2 N–H and O–H groups in total. The zero-order valence-electron chi connectivity index (χ0n) is 15.4. The second-order valence-electron chi connectivity index (χ2n) is 6.35. The Hall–Kier alpha value is -2.61. The summed E-state index contributed by atoms with van der Waals surface area (Å²) in [6, 6.07) is 21.2. The molecule has 29 heavy (non-hydrogen) atoms. The minimum absolute atomic E-state index is 0.246. The van der Waals surface area contributed by atoms with Crippen LogP contribution >= 0.6 is 39.5 Å². The average molecular weight is 482 g/mol. The van der Waals surface area contributed by atoms with Crippen molar-refractivity contribution in [1.82, 2.24) is 10.3 Å². The second kappa shape index (κ2) is 8.41. The van der Waals surface area contributed by atoms with E-state index in [9.17, 15) is 4.79 Å². The molecule has 4 aromatic rings. The number of benzene rings is 3. The van der Waals surface area contributed by atoms with Gasteiger partial charge >= 0.3 is 0 Å². The Labute approximate surface area is 186 Å². The first-order valence-electron chi connectivity index (χ1n) is 8.85. The van der Waals surface area contributed by atoms with Crippen LogP contribution in [0.15, 0.2) is 71.2 Å². The van der Waals surface area contributed by atoms with E-state index in [0.717, 1.165) is 32.0 Å². The molecule has 4 rings (SSSR count). The number of para-hydroxylation sites is 1. The molecule has 0 radical (unpaired) electrons. The lowest BCUT2D eigenvalue weighted by Gasteiger charge is -2.14. The fourth-order valence-corrected chi connectivity index (χ4v) is 4.68. The molecule has 0 spiro atoms. The molecule has 4 nitrogen and oxygen atoms in total. The number of rotatable bonds is 3. The Kier molecular flexibility index (Phi) is 5.71. The normalized spacial score (nSPS) is 10.7. The van der Waals surface area contributed by atoms with E-state index in [1.54, 1.807) is 17.4 Å². The van der Waals surface area contributed by atoms with Gasteiger partial charge in [0, 0.05) is 15.7 Å². The summed E-state index contributed by atoms with van der Waals surface area (Å²) < 4.78 is 1.87. The van der Waals surface area contributed by atoms with Crippen molar-refractivity contribution in [1.29, 1.82) is 0 Å². The molecular weight excluding hydrogens is 466 g/mol. The molecule has 144 valence electrons. The highest BCUT2D eigenvalue weighted by Gasteiger charge is 2.14. The largest absolute Gasteiger partial charge is 0.332 e. The lowest BCUT2D eigenvalue weighted by atomic mass is 10.1. The fraction of sp³-hybridized carbons (Fsp3) is 0.0455. The summed E-state index contributed by atoms with van der Waals surface area (Å²) in [6.07, 6.45) is 0. The van der Waals surface area contributed by atoms with E-state index in [2.05, 4.69) is 32.6 Å². The van der Waals surface area contributed by atoms with E-state index in [1.165, 1.54) is 0 Å². The summed E-state index contributed by atoms with van der Waals surface area (Å²) >= 11 is 10.4. The van der Waals surface area contributed by atoms with Gasteiger partial charge in [-0.05, 0) is 71.0 Å². The van der Waals surface area contributed by atoms with Crippen LogP contribution in [0.1, 0.15) is 15.9 Å². The number of hydrogen-bond acceptors (Lipinski definition) is 4. The number of halogens is 1. The minimum atomic E-state index is -0.269. The van der Waals surface area contributed by atoms with Crippen molar-refractivity contribution in [3.8, 4) is 10.6 Å². The van der Waals surface area contributed by atoms with Crippen LogP contribution < -0.4 is 10.6 Å². The molecule has 0 aliphatic carbocycles. The molecule has 1 aromatic heterocycles. The molecule has 0 saturated carbocycles. The highest BCUT2D eigenvalue weighted by Crippen LogP contribution is 2.34. The Morgan fingerprint density at radius 2 is 1.79 bits per heavy atom. The zero-order valence-corrected chi connectivity index (χ0v) is 18.6. The molecule has 0 saturated heterocycles. The third-order valence-corrected chi connectivity index (χ3v) is 6.42. The van der Waals surface area contributed by atoms with Crippen LogP contribution in [0.2, 0.25) is 0 Å². The Balaban J connectivity index is 1.55. The standard InChI is InChI=1S/C22H16BrN3OS2/c1-13-14(21-24-18-10-4-5-12-19(18)29-21)8-6-11-17(13)25-22(28)26-20(27)15-7-2-3-9-16(15)23/h2-12H,1H3,(H2,25,26,27,28). The lowest BCUT2D eigenvalue weighted by Crippen LogP contribution is -2.34. The summed E-state index contributed by atoms with van der Waals surface area (Å²) in [6.45, 7) is 2.02. The first-order chi connectivity index (χ1) is 14.0. The third-order valence-electron chi connectivity index (χ3n) is 4.45. The predicted molar refractivity (Wildman–Crippen MR) is 128 cm³/mol. The maximum absolute atomic E-state index is 12.5. The molecule has 0 fully saturated rings. The lowest BCUT2D eigenvalue weighted by molar-refractivity contribution is 0.0977. The SMILES string of the molecule is Cc1c(NC(=S)NC(=O)c2ccccc2Br)cccc1-c1nc2ccccc2s1. The van der Waals surface area contributed by atoms with E-state index >= 15 is 0 Å². The van der Waals surface area contributed by atoms with Crippen LogP contribution in [0.5, 0.6) is 0 Å². The molecular formula is C22H16BrN3OS2. The number of nitrogens with one attached hydrogen (secondary N) is 2. The number of hydrogen-bond donors (Lipinski definition) is 2. The van der Waals surface area contributed by atoms with Crippen molar-refractivity contribution in [2.45, 2.75) is 6.92 Å². The van der Waals surface area contributed by atoms with Gasteiger partial charge in [0.1, 0.15) is 5.01 Å². The van der Waals surface area contributed by atoms with Crippen LogP contribution in [-0.2, 0) is 0 Å². The Morgan fingerprint density at radius 1 is 1.03 bits per heavy atom. The predicted octanol–water partition coefficient (Wildman–Crippen LogP) is 6.16. The van der Waals surface area contributed by atoms with Crippen molar-refractivity contribution in [3.05, 3.63) is 82.3 Å². The molecule has 0 aliphatic heterocycles. The van der Waals surface area contributed by atoms with Gasteiger partial charge < -0.3 is 5.32 Å². The van der Waals surface area contributed by atoms with Crippen LogP contribution in [0.4, 0.5) is 5.69 Å². The number of aromatic nitrogens is 1. The van der Waals surface area contributed by atoms with Crippen LogP contribution in [0.25, 0.3) is 20.8 Å². The van der Waals surface area contributed by atoms with Gasteiger partial charge in [-0.25, -0.2) is 4.98 Å². The van der Waals surface area contributed by atoms with E-state index in [1.807, 2.05) is 61.5 Å². The third kappa shape index (κ3) is 4.22. The molecule has 7 heteroatoms. The molecule has 3 aromatic carbocycles. The summed E-state index contributed by atoms with van der Waals surface area (Å²) in [4.78, 5) is 17.2. The first kappa shape index (κ1) is 19.7. The summed E-state index contributed by atoms with van der Waals surface area (Å²) in [5, 5.41) is 7.07. The Bertz CT molecular complexity index is 1200. The number of carbonyl (C=O) groups excluding carboxylic acids is 1.